The molecule has 162 valence electrons. The summed E-state index contributed by atoms with van der Waals surface area (Å²) in [5, 5.41) is 9.56. The van der Waals surface area contributed by atoms with Gasteiger partial charge in [-0.1, -0.05) is 6.07 Å². The van der Waals surface area contributed by atoms with Crippen LogP contribution in [0.2, 0.25) is 0 Å². The summed E-state index contributed by atoms with van der Waals surface area (Å²) in [6, 6.07) is 9.91. The van der Waals surface area contributed by atoms with E-state index in [4.69, 9.17) is 19.2 Å². The van der Waals surface area contributed by atoms with Gasteiger partial charge in [-0.15, -0.1) is 0 Å². The van der Waals surface area contributed by atoms with Gasteiger partial charge in [-0.2, -0.15) is 5.26 Å². The fourth-order valence-electron chi connectivity index (χ4n) is 3.41. The monoisotopic (exact) mass is 423 g/mol. The number of aryl methyl sites for hydroxylation is 1. The number of benzene rings is 2. The molecule has 0 aliphatic heterocycles. The Morgan fingerprint density at radius 3 is 2.55 bits per heavy atom. The van der Waals surface area contributed by atoms with Crippen molar-refractivity contribution < 1.29 is 23.1 Å². The average molecular weight is 423 g/mol. The Kier molecular flexibility index (Phi) is 6.35. The van der Waals surface area contributed by atoms with E-state index in [0.717, 1.165) is 16.7 Å². The number of nitrogens with zero attached hydrogens (tertiary/aromatic N) is 1. The second-order valence-corrected chi connectivity index (χ2v) is 8.55. The predicted molar refractivity (Wildman–Crippen MR) is 115 cm³/mol. The maximum Gasteiger partial charge on any atom is 0.306 e. The molecular formula is C25H26FNO4. The fourth-order valence-corrected chi connectivity index (χ4v) is 3.41. The van der Waals surface area contributed by atoms with Crippen LogP contribution in [0.1, 0.15) is 55.2 Å². The zero-order valence-electron chi connectivity index (χ0n) is 18.5. The zero-order valence-corrected chi connectivity index (χ0v) is 18.5. The van der Waals surface area contributed by atoms with Gasteiger partial charge in [-0.05, 0) is 75.9 Å². The van der Waals surface area contributed by atoms with Crippen LogP contribution in [-0.4, -0.2) is 11.6 Å². The van der Waals surface area contributed by atoms with E-state index in [-0.39, 0.29) is 18.3 Å². The first-order chi connectivity index (χ1) is 14.6. The van der Waals surface area contributed by atoms with E-state index < -0.39 is 11.4 Å². The van der Waals surface area contributed by atoms with E-state index in [0.29, 0.717) is 35.1 Å². The quantitative estimate of drug-likeness (QED) is 0.461. The van der Waals surface area contributed by atoms with Gasteiger partial charge in [0.05, 0.1) is 0 Å². The molecule has 31 heavy (non-hydrogen) atoms. The van der Waals surface area contributed by atoms with Gasteiger partial charge in [0.1, 0.15) is 35.4 Å². The summed E-state index contributed by atoms with van der Waals surface area (Å²) in [5.41, 5.74) is 3.52. The van der Waals surface area contributed by atoms with Crippen LogP contribution < -0.4 is 4.74 Å². The van der Waals surface area contributed by atoms with Gasteiger partial charge in [0.25, 0.3) is 0 Å². The van der Waals surface area contributed by atoms with Gasteiger partial charge in [0.15, 0.2) is 0 Å². The standard InChI is InChI=1S/C25H26FNO4/c1-15-16(2)22(8-6-17(15)7-9-23(28)31-25(3,4)5)29-14-19-11-20(26)10-18-12-21(13-27)30-24(18)19/h6,8,10-12H,7,9,14H2,1-5H3. The van der Waals surface area contributed by atoms with Gasteiger partial charge < -0.3 is 13.9 Å². The number of halogens is 1. The number of esters is 1. The van der Waals surface area contributed by atoms with E-state index in [1.54, 1.807) is 0 Å². The molecule has 0 spiro atoms. The molecule has 0 aliphatic carbocycles. The second kappa shape index (κ2) is 8.81. The maximum absolute atomic E-state index is 14.0. The summed E-state index contributed by atoms with van der Waals surface area (Å²) < 4.78 is 30.8. The van der Waals surface area contributed by atoms with Crippen LogP contribution in [0.15, 0.2) is 34.7 Å². The zero-order chi connectivity index (χ0) is 22.8. The van der Waals surface area contributed by atoms with Crippen LogP contribution in [0.5, 0.6) is 5.75 Å². The van der Waals surface area contributed by atoms with Crippen LogP contribution >= 0.6 is 0 Å². The Balaban J connectivity index is 1.73. The summed E-state index contributed by atoms with van der Waals surface area (Å²) in [6.45, 7) is 9.58. The van der Waals surface area contributed by atoms with Crippen molar-refractivity contribution in [2.45, 2.75) is 59.7 Å². The molecule has 3 aromatic rings. The lowest BCUT2D eigenvalue weighted by atomic mass is 9.99. The molecule has 0 atom stereocenters. The predicted octanol–water partition coefficient (Wildman–Crippen LogP) is 5.91. The third kappa shape index (κ3) is 5.43. The van der Waals surface area contributed by atoms with Crippen molar-refractivity contribution in [1.29, 1.82) is 5.26 Å². The van der Waals surface area contributed by atoms with Crippen LogP contribution in [0.3, 0.4) is 0 Å². The smallest absolute Gasteiger partial charge is 0.306 e. The Morgan fingerprint density at radius 2 is 1.87 bits per heavy atom. The second-order valence-electron chi connectivity index (χ2n) is 8.55. The van der Waals surface area contributed by atoms with Crippen LogP contribution in [0.4, 0.5) is 4.39 Å². The van der Waals surface area contributed by atoms with Crippen molar-refractivity contribution in [3.05, 3.63) is 64.2 Å². The van der Waals surface area contributed by atoms with Crippen molar-refractivity contribution >= 4 is 16.9 Å². The highest BCUT2D eigenvalue weighted by molar-refractivity contribution is 5.82. The highest BCUT2D eigenvalue weighted by Gasteiger charge is 2.17. The molecule has 0 unspecified atom stereocenters. The average Bonchev–Trinajstić information content (AvgIpc) is 3.10. The number of furan rings is 1. The molecule has 2 aromatic carbocycles. The number of hydrogen-bond acceptors (Lipinski definition) is 5. The van der Waals surface area contributed by atoms with E-state index >= 15 is 0 Å². The van der Waals surface area contributed by atoms with E-state index in [9.17, 15) is 9.18 Å². The Labute approximate surface area is 181 Å². The number of fused-ring (bicyclic) bond motifs is 1. The minimum absolute atomic E-state index is 0.101. The molecule has 6 heteroatoms. The number of carbonyl (C=O) groups is 1. The first-order valence-corrected chi connectivity index (χ1v) is 10.1. The van der Waals surface area contributed by atoms with E-state index in [1.165, 1.54) is 18.2 Å². The minimum atomic E-state index is -0.496. The first kappa shape index (κ1) is 22.4. The molecule has 0 fully saturated rings. The van der Waals surface area contributed by atoms with Crippen molar-refractivity contribution in [2.75, 3.05) is 0 Å². The number of carbonyl (C=O) groups excluding carboxylic acids is 1. The third-order valence-electron chi connectivity index (χ3n) is 5.02. The van der Waals surface area contributed by atoms with Gasteiger partial charge in [-0.25, -0.2) is 4.39 Å². The molecule has 0 saturated heterocycles. The molecule has 0 amide bonds. The van der Waals surface area contributed by atoms with Gasteiger partial charge in [-0.3, -0.25) is 4.79 Å². The molecular weight excluding hydrogens is 397 g/mol. The number of ether oxygens (including phenoxy) is 2. The van der Waals surface area contributed by atoms with E-state index in [1.807, 2.05) is 52.8 Å². The van der Waals surface area contributed by atoms with Crippen molar-refractivity contribution in [1.82, 2.24) is 0 Å². The lowest BCUT2D eigenvalue weighted by Gasteiger charge is -2.20. The molecule has 0 saturated carbocycles. The lowest BCUT2D eigenvalue weighted by Crippen LogP contribution is -2.24. The number of nitriles is 1. The number of rotatable bonds is 6. The topological polar surface area (TPSA) is 72.5 Å². The highest BCUT2D eigenvalue weighted by Crippen LogP contribution is 2.29. The molecule has 0 N–H and O–H groups in total. The van der Waals surface area contributed by atoms with Crippen molar-refractivity contribution in [2.24, 2.45) is 0 Å². The summed E-state index contributed by atoms with van der Waals surface area (Å²) in [7, 11) is 0. The normalized spacial score (nSPS) is 11.4. The van der Waals surface area contributed by atoms with Gasteiger partial charge in [0.2, 0.25) is 5.76 Å². The summed E-state index contributed by atoms with van der Waals surface area (Å²) >= 11 is 0. The van der Waals surface area contributed by atoms with Gasteiger partial charge >= 0.3 is 5.97 Å². The summed E-state index contributed by atoms with van der Waals surface area (Å²) in [4.78, 5) is 12.0. The van der Waals surface area contributed by atoms with E-state index in [2.05, 4.69) is 0 Å². The SMILES string of the molecule is Cc1c(CCC(=O)OC(C)(C)C)ccc(OCc2cc(F)cc3cc(C#N)oc23)c1C. The molecule has 0 aliphatic rings. The largest absolute Gasteiger partial charge is 0.488 e. The van der Waals surface area contributed by atoms with Crippen molar-refractivity contribution in [3.63, 3.8) is 0 Å². The minimum Gasteiger partial charge on any atom is -0.488 e. The molecule has 5 nitrogen and oxygen atoms in total. The summed E-state index contributed by atoms with van der Waals surface area (Å²) in [6.07, 6.45) is 0.883. The van der Waals surface area contributed by atoms with Gasteiger partial charge in [0, 0.05) is 23.4 Å². The fraction of sp³-hybridized carbons (Fsp3) is 0.360. The Morgan fingerprint density at radius 1 is 1.13 bits per heavy atom. The van der Waals surface area contributed by atoms with Crippen LogP contribution in [0, 0.1) is 31.0 Å². The maximum atomic E-state index is 14.0. The lowest BCUT2D eigenvalue weighted by molar-refractivity contribution is -0.154. The molecule has 1 heterocycles. The highest BCUT2D eigenvalue weighted by atomic mass is 19.1. The molecule has 1 aromatic heterocycles. The van der Waals surface area contributed by atoms with Crippen molar-refractivity contribution in [3.8, 4) is 11.8 Å². The Bertz CT molecular complexity index is 1160. The molecule has 0 radical (unpaired) electrons. The third-order valence-corrected chi connectivity index (χ3v) is 5.02. The van der Waals surface area contributed by atoms with Crippen LogP contribution in [-0.2, 0) is 22.6 Å². The van der Waals surface area contributed by atoms with Crippen LogP contribution in [0.25, 0.3) is 11.0 Å². The number of hydrogen-bond donors (Lipinski definition) is 0. The molecule has 0 bridgehead atoms. The first-order valence-electron chi connectivity index (χ1n) is 10.1. The molecule has 3 rings (SSSR count). The Hall–Kier alpha value is -3.33. The summed E-state index contributed by atoms with van der Waals surface area (Å²) in [5.74, 6) is 0.156.